The highest BCUT2D eigenvalue weighted by Gasteiger charge is 2.07. The Labute approximate surface area is 156 Å². The summed E-state index contributed by atoms with van der Waals surface area (Å²) in [6.45, 7) is 0. The first kappa shape index (κ1) is 16.5. The number of H-pyrrole nitrogens is 1. The van der Waals surface area contributed by atoms with Crippen molar-refractivity contribution in [3.8, 4) is 11.3 Å². The third-order valence-corrected chi connectivity index (χ3v) is 5.11. The molecule has 0 aliphatic rings. The lowest BCUT2D eigenvalue weighted by Gasteiger charge is -2.07. The molecule has 0 spiro atoms. The second-order valence-electron chi connectivity index (χ2n) is 6.00. The predicted molar refractivity (Wildman–Crippen MR) is 110 cm³/mol. The van der Waals surface area contributed by atoms with Gasteiger partial charge in [0.15, 0.2) is 0 Å². The van der Waals surface area contributed by atoms with Crippen LogP contribution >= 0.6 is 11.8 Å². The van der Waals surface area contributed by atoms with Crippen LogP contribution in [0.15, 0.2) is 89.8 Å². The van der Waals surface area contributed by atoms with Gasteiger partial charge in [0, 0.05) is 32.7 Å². The maximum absolute atomic E-state index is 12.2. The first-order valence-electron chi connectivity index (χ1n) is 8.44. The molecule has 4 heteroatoms. The number of benzene rings is 3. The van der Waals surface area contributed by atoms with E-state index in [1.807, 2.05) is 66.7 Å². The monoisotopic (exact) mass is 358 g/mol. The minimum absolute atomic E-state index is 0.00681. The molecule has 2 N–H and O–H groups in total. The molecule has 0 bridgehead atoms. The minimum Gasteiger partial charge on any atom is -0.355 e. The minimum atomic E-state index is -0.00681. The number of nitrogens with one attached hydrogen (secondary N) is 2. The van der Waals surface area contributed by atoms with Gasteiger partial charge < -0.3 is 10.3 Å². The zero-order chi connectivity index (χ0) is 17.8. The summed E-state index contributed by atoms with van der Waals surface area (Å²) in [5, 5.41) is 4.16. The molecule has 1 heterocycles. The van der Waals surface area contributed by atoms with E-state index in [2.05, 4.69) is 28.5 Å². The number of aromatic nitrogens is 1. The second kappa shape index (κ2) is 7.50. The van der Waals surface area contributed by atoms with Gasteiger partial charge in [-0.3, -0.25) is 4.79 Å². The lowest BCUT2D eigenvalue weighted by atomic mass is 10.1. The molecule has 0 unspecified atom stereocenters. The molecule has 0 saturated carbocycles. The highest BCUT2D eigenvalue weighted by Crippen LogP contribution is 2.26. The van der Waals surface area contributed by atoms with Crippen molar-refractivity contribution in [2.45, 2.75) is 4.90 Å². The molecule has 4 rings (SSSR count). The molecule has 0 saturated heterocycles. The lowest BCUT2D eigenvalue weighted by molar-refractivity contribution is -0.113. The summed E-state index contributed by atoms with van der Waals surface area (Å²) in [7, 11) is 0. The van der Waals surface area contributed by atoms with Crippen molar-refractivity contribution < 1.29 is 4.79 Å². The number of hydrogen-bond donors (Lipinski definition) is 2. The largest absolute Gasteiger partial charge is 0.355 e. The van der Waals surface area contributed by atoms with E-state index < -0.39 is 0 Å². The van der Waals surface area contributed by atoms with E-state index in [0.29, 0.717) is 5.75 Å². The molecule has 1 amide bonds. The zero-order valence-corrected chi connectivity index (χ0v) is 14.9. The first-order chi connectivity index (χ1) is 12.8. The topological polar surface area (TPSA) is 44.9 Å². The molecule has 1 aromatic heterocycles. The normalized spacial score (nSPS) is 10.8. The standard InChI is InChI=1S/C22H18N2OS/c25-22(15-26-19-10-2-1-3-11-19)23-18-9-6-8-16(13-18)21-14-17-7-4-5-12-20(17)24-21/h1-14,24H,15H2,(H,23,25). The van der Waals surface area contributed by atoms with E-state index in [1.54, 1.807) is 0 Å². The van der Waals surface area contributed by atoms with E-state index in [9.17, 15) is 4.79 Å². The highest BCUT2D eigenvalue weighted by atomic mass is 32.2. The summed E-state index contributed by atoms with van der Waals surface area (Å²) in [4.78, 5) is 16.7. The zero-order valence-electron chi connectivity index (χ0n) is 14.1. The number of carbonyl (C=O) groups excluding carboxylic acids is 1. The molecule has 0 aliphatic heterocycles. The molecule has 3 nitrogen and oxygen atoms in total. The third-order valence-electron chi connectivity index (χ3n) is 4.10. The van der Waals surface area contributed by atoms with Gasteiger partial charge in [-0.05, 0) is 36.4 Å². The number of carbonyl (C=O) groups is 1. The lowest BCUT2D eigenvalue weighted by Crippen LogP contribution is -2.13. The number of anilines is 1. The molecule has 0 aliphatic carbocycles. The summed E-state index contributed by atoms with van der Waals surface area (Å²) >= 11 is 1.53. The summed E-state index contributed by atoms with van der Waals surface area (Å²) < 4.78 is 0. The number of thioether (sulfide) groups is 1. The van der Waals surface area contributed by atoms with Crippen LogP contribution in [0.1, 0.15) is 0 Å². The Balaban J connectivity index is 1.46. The van der Waals surface area contributed by atoms with Gasteiger partial charge in [0.1, 0.15) is 0 Å². The fourth-order valence-electron chi connectivity index (χ4n) is 2.86. The molecular weight excluding hydrogens is 340 g/mol. The molecule has 0 atom stereocenters. The second-order valence-corrected chi connectivity index (χ2v) is 7.05. The van der Waals surface area contributed by atoms with Gasteiger partial charge in [-0.1, -0.05) is 48.5 Å². The number of rotatable bonds is 5. The Morgan fingerprint density at radius 1 is 0.885 bits per heavy atom. The van der Waals surface area contributed by atoms with Crippen LogP contribution in [-0.2, 0) is 4.79 Å². The van der Waals surface area contributed by atoms with Crippen LogP contribution < -0.4 is 5.32 Å². The van der Waals surface area contributed by atoms with Crippen molar-refractivity contribution in [3.63, 3.8) is 0 Å². The average Bonchev–Trinajstić information content (AvgIpc) is 3.12. The molecule has 4 aromatic rings. The van der Waals surface area contributed by atoms with Gasteiger partial charge in [0.2, 0.25) is 5.91 Å². The van der Waals surface area contributed by atoms with E-state index in [1.165, 1.54) is 17.1 Å². The predicted octanol–water partition coefficient (Wildman–Crippen LogP) is 5.57. The Morgan fingerprint density at radius 2 is 1.69 bits per heavy atom. The number of para-hydroxylation sites is 1. The van der Waals surface area contributed by atoms with E-state index in [-0.39, 0.29) is 5.91 Å². The Bertz CT molecular complexity index is 1010. The molecule has 26 heavy (non-hydrogen) atoms. The fourth-order valence-corrected chi connectivity index (χ4v) is 3.58. The van der Waals surface area contributed by atoms with Crippen LogP contribution in [0.25, 0.3) is 22.2 Å². The molecular formula is C22H18N2OS. The maximum Gasteiger partial charge on any atom is 0.234 e. The summed E-state index contributed by atoms with van der Waals surface area (Å²) in [6.07, 6.45) is 0. The smallest absolute Gasteiger partial charge is 0.234 e. The molecule has 3 aromatic carbocycles. The van der Waals surface area contributed by atoms with Crippen LogP contribution in [0.3, 0.4) is 0 Å². The van der Waals surface area contributed by atoms with Crippen LogP contribution in [0.2, 0.25) is 0 Å². The van der Waals surface area contributed by atoms with Gasteiger partial charge in [-0.25, -0.2) is 0 Å². The van der Waals surface area contributed by atoms with Gasteiger partial charge in [-0.2, -0.15) is 0 Å². The summed E-state index contributed by atoms with van der Waals surface area (Å²) in [6, 6.07) is 28.2. The van der Waals surface area contributed by atoms with Crippen molar-refractivity contribution in [3.05, 3.63) is 84.9 Å². The number of fused-ring (bicyclic) bond motifs is 1. The molecule has 0 fully saturated rings. The van der Waals surface area contributed by atoms with Crippen molar-refractivity contribution in [1.82, 2.24) is 4.98 Å². The first-order valence-corrected chi connectivity index (χ1v) is 9.42. The van der Waals surface area contributed by atoms with Gasteiger partial charge in [0.05, 0.1) is 5.75 Å². The van der Waals surface area contributed by atoms with Crippen molar-refractivity contribution in [2.24, 2.45) is 0 Å². The Kier molecular flexibility index (Phi) is 4.75. The quantitative estimate of drug-likeness (QED) is 0.458. The molecule has 128 valence electrons. The van der Waals surface area contributed by atoms with Gasteiger partial charge in [0.25, 0.3) is 0 Å². The fraction of sp³-hybridized carbons (Fsp3) is 0.0455. The number of amides is 1. The third kappa shape index (κ3) is 3.81. The van der Waals surface area contributed by atoms with Gasteiger partial charge >= 0.3 is 0 Å². The van der Waals surface area contributed by atoms with E-state index >= 15 is 0 Å². The molecule has 0 radical (unpaired) electrons. The average molecular weight is 358 g/mol. The van der Waals surface area contributed by atoms with Crippen molar-refractivity contribution in [2.75, 3.05) is 11.1 Å². The van der Waals surface area contributed by atoms with Crippen LogP contribution in [0.4, 0.5) is 5.69 Å². The van der Waals surface area contributed by atoms with E-state index in [0.717, 1.165) is 27.4 Å². The maximum atomic E-state index is 12.2. The van der Waals surface area contributed by atoms with Gasteiger partial charge in [-0.15, -0.1) is 11.8 Å². The van der Waals surface area contributed by atoms with Crippen LogP contribution in [0.5, 0.6) is 0 Å². The summed E-state index contributed by atoms with van der Waals surface area (Å²) in [5.41, 5.74) is 4.01. The number of hydrogen-bond acceptors (Lipinski definition) is 2. The Morgan fingerprint density at radius 3 is 2.54 bits per heavy atom. The Hall–Kier alpha value is -2.98. The number of aromatic amines is 1. The van der Waals surface area contributed by atoms with Crippen molar-refractivity contribution >= 4 is 34.3 Å². The van der Waals surface area contributed by atoms with Crippen LogP contribution in [0, 0.1) is 0 Å². The SMILES string of the molecule is O=C(CSc1ccccc1)Nc1cccc(-c2cc3ccccc3[nH]2)c1. The highest BCUT2D eigenvalue weighted by molar-refractivity contribution is 8.00. The van der Waals surface area contributed by atoms with Crippen LogP contribution in [-0.4, -0.2) is 16.6 Å². The van der Waals surface area contributed by atoms with E-state index in [4.69, 9.17) is 0 Å². The summed E-state index contributed by atoms with van der Waals surface area (Å²) in [5.74, 6) is 0.383. The van der Waals surface area contributed by atoms with Crippen molar-refractivity contribution in [1.29, 1.82) is 0 Å².